The Hall–Kier alpha value is -1.66. The molecule has 0 bridgehead atoms. The third kappa shape index (κ3) is 3.71. The summed E-state index contributed by atoms with van der Waals surface area (Å²) >= 11 is 6.13. The zero-order chi connectivity index (χ0) is 15.4. The number of nitrogens with zero attached hydrogens (tertiary/aromatic N) is 4. The van der Waals surface area contributed by atoms with Crippen LogP contribution in [0.15, 0.2) is 12.1 Å². The van der Waals surface area contributed by atoms with Crippen molar-refractivity contribution in [2.45, 2.75) is 27.3 Å². The van der Waals surface area contributed by atoms with E-state index in [1.807, 2.05) is 13.0 Å². The van der Waals surface area contributed by atoms with E-state index in [-0.39, 0.29) is 0 Å². The van der Waals surface area contributed by atoms with Crippen molar-refractivity contribution in [3.8, 4) is 11.4 Å². The third-order valence-corrected chi connectivity index (χ3v) is 3.47. The van der Waals surface area contributed by atoms with Crippen molar-refractivity contribution in [1.82, 2.24) is 25.5 Å². The van der Waals surface area contributed by atoms with Crippen LogP contribution in [0.25, 0.3) is 5.69 Å². The van der Waals surface area contributed by atoms with E-state index in [0.717, 1.165) is 23.6 Å². The lowest BCUT2D eigenvalue weighted by atomic mass is 10.2. The predicted molar refractivity (Wildman–Crippen MR) is 82.0 cm³/mol. The number of nitrogens with one attached hydrogen (secondary N) is 1. The lowest BCUT2D eigenvalue weighted by Crippen LogP contribution is -2.21. The van der Waals surface area contributed by atoms with Crippen LogP contribution in [-0.2, 0) is 6.54 Å². The Kier molecular flexibility index (Phi) is 5.14. The molecule has 7 heteroatoms. The molecule has 0 saturated carbocycles. The normalized spacial score (nSPS) is 11.1. The minimum absolute atomic E-state index is 0.571. The van der Waals surface area contributed by atoms with E-state index >= 15 is 0 Å². The molecule has 0 amide bonds. The van der Waals surface area contributed by atoms with E-state index in [9.17, 15) is 0 Å². The van der Waals surface area contributed by atoms with Crippen molar-refractivity contribution >= 4 is 11.6 Å². The number of hydrogen-bond acceptors (Lipinski definition) is 5. The van der Waals surface area contributed by atoms with Crippen LogP contribution in [0.2, 0.25) is 5.02 Å². The molecule has 0 aliphatic heterocycles. The summed E-state index contributed by atoms with van der Waals surface area (Å²) in [7, 11) is 1.60. The molecule has 1 aromatic heterocycles. The standard InChI is InChI=1S/C14H20ClN5O/c1-9(2)7-16-8-14-17-18-19-20(14)12-5-10(3)11(15)6-13(12)21-4/h5-6,9,16H,7-8H2,1-4H3. The zero-order valence-electron chi connectivity index (χ0n) is 12.7. The molecule has 0 spiro atoms. The molecule has 0 radical (unpaired) electrons. The van der Waals surface area contributed by atoms with Gasteiger partial charge in [0.1, 0.15) is 11.4 Å². The summed E-state index contributed by atoms with van der Waals surface area (Å²) in [6.45, 7) is 7.75. The summed E-state index contributed by atoms with van der Waals surface area (Å²) in [6, 6.07) is 3.70. The van der Waals surface area contributed by atoms with E-state index in [0.29, 0.717) is 23.2 Å². The number of methoxy groups -OCH3 is 1. The van der Waals surface area contributed by atoms with E-state index in [1.165, 1.54) is 0 Å². The Morgan fingerprint density at radius 2 is 2.14 bits per heavy atom. The van der Waals surface area contributed by atoms with Gasteiger partial charge in [0, 0.05) is 11.1 Å². The molecular weight excluding hydrogens is 290 g/mol. The van der Waals surface area contributed by atoms with Gasteiger partial charge >= 0.3 is 0 Å². The molecule has 114 valence electrons. The first-order valence-corrected chi connectivity index (χ1v) is 7.23. The smallest absolute Gasteiger partial charge is 0.170 e. The molecule has 2 rings (SSSR count). The minimum atomic E-state index is 0.571. The van der Waals surface area contributed by atoms with Gasteiger partial charge in [-0.2, -0.15) is 4.68 Å². The molecule has 0 fully saturated rings. The number of aryl methyl sites for hydroxylation is 1. The summed E-state index contributed by atoms with van der Waals surface area (Å²) in [6.07, 6.45) is 0. The summed E-state index contributed by atoms with van der Waals surface area (Å²) in [5, 5.41) is 15.9. The van der Waals surface area contributed by atoms with E-state index in [1.54, 1.807) is 17.9 Å². The van der Waals surface area contributed by atoms with Crippen LogP contribution in [0.3, 0.4) is 0 Å². The topological polar surface area (TPSA) is 64.9 Å². The van der Waals surface area contributed by atoms with E-state index in [2.05, 4.69) is 34.7 Å². The van der Waals surface area contributed by atoms with Gasteiger partial charge in [-0.25, -0.2) is 0 Å². The van der Waals surface area contributed by atoms with Gasteiger partial charge in [0.15, 0.2) is 5.82 Å². The van der Waals surface area contributed by atoms with Crippen LogP contribution in [0, 0.1) is 12.8 Å². The molecule has 1 aromatic carbocycles. The second-order valence-electron chi connectivity index (χ2n) is 5.30. The average molecular weight is 310 g/mol. The van der Waals surface area contributed by atoms with Gasteiger partial charge in [-0.3, -0.25) is 0 Å². The number of tetrazole rings is 1. The number of aromatic nitrogens is 4. The molecule has 0 aliphatic rings. The maximum atomic E-state index is 6.13. The lowest BCUT2D eigenvalue weighted by molar-refractivity contribution is 0.410. The van der Waals surface area contributed by atoms with Crippen molar-refractivity contribution in [2.24, 2.45) is 5.92 Å². The lowest BCUT2D eigenvalue weighted by Gasteiger charge is -2.12. The van der Waals surface area contributed by atoms with Gasteiger partial charge in [-0.15, -0.1) is 5.10 Å². The number of ether oxygens (including phenoxy) is 1. The van der Waals surface area contributed by atoms with E-state index in [4.69, 9.17) is 16.3 Å². The molecule has 6 nitrogen and oxygen atoms in total. The highest BCUT2D eigenvalue weighted by molar-refractivity contribution is 6.31. The van der Waals surface area contributed by atoms with Crippen molar-refractivity contribution in [3.63, 3.8) is 0 Å². The third-order valence-electron chi connectivity index (χ3n) is 3.06. The number of hydrogen-bond donors (Lipinski definition) is 1. The zero-order valence-corrected chi connectivity index (χ0v) is 13.5. The summed E-state index contributed by atoms with van der Waals surface area (Å²) in [5.74, 6) is 1.94. The molecule has 1 N–H and O–H groups in total. The molecular formula is C14H20ClN5O. The number of halogens is 1. The van der Waals surface area contributed by atoms with Crippen LogP contribution >= 0.6 is 11.6 Å². The Morgan fingerprint density at radius 3 is 2.81 bits per heavy atom. The monoisotopic (exact) mass is 309 g/mol. The van der Waals surface area contributed by atoms with Crippen LogP contribution in [0.1, 0.15) is 25.2 Å². The van der Waals surface area contributed by atoms with Crippen LogP contribution in [0.5, 0.6) is 5.75 Å². The first kappa shape index (κ1) is 15.7. The van der Waals surface area contributed by atoms with Gasteiger partial charge in [0.25, 0.3) is 0 Å². The van der Waals surface area contributed by atoms with Gasteiger partial charge < -0.3 is 10.1 Å². The van der Waals surface area contributed by atoms with Gasteiger partial charge in [0.2, 0.25) is 0 Å². The molecule has 21 heavy (non-hydrogen) atoms. The SMILES string of the molecule is COc1cc(Cl)c(C)cc1-n1nnnc1CNCC(C)C. The molecule has 0 aliphatic carbocycles. The van der Waals surface area contributed by atoms with E-state index < -0.39 is 0 Å². The highest BCUT2D eigenvalue weighted by atomic mass is 35.5. The number of rotatable bonds is 6. The summed E-state index contributed by atoms with van der Waals surface area (Å²) < 4.78 is 7.06. The van der Waals surface area contributed by atoms with Crippen molar-refractivity contribution in [2.75, 3.05) is 13.7 Å². The quantitative estimate of drug-likeness (QED) is 0.887. The highest BCUT2D eigenvalue weighted by Crippen LogP contribution is 2.29. The Bertz CT molecular complexity index is 611. The Morgan fingerprint density at radius 1 is 1.38 bits per heavy atom. The Labute approximate surface area is 129 Å². The van der Waals surface area contributed by atoms with Gasteiger partial charge in [-0.05, 0) is 41.4 Å². The minimum Gasteiger partial charge on any atom is -0.494 e. The molecule has 0 saturated heterocycles. The maximum Gasteiger partial charge on any atom is 0.170 e. The van der Waals surface area contributed by atoms with Gasteiger partial charge in [-0.1, -0.05) is 25.4 Å². The molecule has 1 heterocycles. The maximum absolute atomic E-state index is 6.13. The van der Waals surface area contributed by atoms with Crippen molar-refractivity contribution < 1.29 is 4.74 Å². The van der Waals surface area contributed by atoms with Crippen LogP contribution in [0.4, 0.5) is 0 Å². The predicted octanol–water partition coefficient (Wildman–Crippen LogP) is 2.38. The fourth-order valence-electron chi connectivity index (χ4n) is 1.95. The second-order valence-corrected chi connectivity index (χ2v) is 5.71. The molecule has 0 unspecified atom stereocenters. The fourth-order valence-corrected chi connectivity index (χ4v) is 2.11. The molecule has 2 aromatic rings. The highest BCUT2D eigenvalue weighted by Gasteiger charge is 2.14. The largest absolute Gasteiger partial charge is 0.494 e. The summed E-state index contributed by atoms with van der Waals surface area (Å²) in [5.41, 5.74) is 1.73. The summed E-state index contributed by atoms with van der Waals surface area (Å²) in [4.78, 5) is 0. The van der Waals surface area contributed by atoms with Gasteiger partial charge in [0.05, 0.1) is 13.7 Å². The first-order valence-electron chi connectivity index (χ1n) is 6.85. The Balaban J connectivity index is 2.30. The van der Waals surface area contributed by atoms with Crippen molar-refractivity contribution in [1.29, 1.82) is 0 Å². The second kappa shape index (κ2) is 6.87. The molecule has 0 atom stereocenters. The van der Waals surface area contributed by atoms with Crippen LogP contribution < -0.4 is 10.1 Å². The van der Waals surface area contributed by atoms with Crippen LogP contribution in [-0.4, -0.2) is 33.9 Å². The van der Waals surface area contributed by atoms with Crippen molar-refractivity contribution in [3.05, 3.63) is 28.5 Å². The fraction of sp³-hybridized carbons (Fsp3) is 0.500. The first-order chi connectivity index (χ1) is 10.0. The average Bonchev–Trinajstić information content (AvgIpc) is 2.89. The number of benzene rings is 1.